The van der Waals surface area contributed by atoms with Crippen LogP contribution in [0.2, 0.25) is 10.0 Å². The van der Waals surface area contributed by atoms with Crippen LogP contribution in [0.25, 0.3) is 10.9 Å². The predicted molar refractivity (Wildman–Crippen MR) is 170 cm³/mol. The lowest BCUT2D eigenvalue weighted by atomic mass is 9.89. The Kier molecular flexibility index (Phi) is 8.22. The zero-order valence-electron chi connectivity index (χ0n) is 24.0. The number of aromatic nitrogens is 1. The molecular formula is C32H30Cl2F2N8. The van der Waals surface area contributed by atoms with E-state index >= 15 is 0 Å². The second-order valence-electron chi connectivity index (χ2n) is 11.6. The maximum atomic E-state index is 13.9. The van der Waals surface area contributed by atoms with E-state index in [4.69, 9.17) is 23.2 Å². The van der Waals surface area contributed by atoms with E-state index in [2.05, 4.69) is 56.8 Å². The average Bonchev–Trinajstić information content (AvgIpc) is 3.48. The van der Waals surface area contributed by atoms with Gasteiger partial charge in [0.25, 0.3) is 0 Å². The number of nitrogens with zero attached hydrogens (tertiary/aromatic N) is 3. The highest BCUT2D eigenvalue weighted by molar-refractivity contribution is 6.36. The third-order valence-electron chi connectivity index (χ3n) is 7.89. The van der Waals surface area contributed by atoms with Gasteiger partial charge in [0.15, 0.2) is 0 Å². The molecule has 1 aromatic heterocycles. The number of fused-ring (bicyclic) bond motifs is 1. The fourth-order valence-electron chi connectivity index (χ4n) is 5.71. The molecule has 3 aromatic carbocycles. The van der Waals surface area contributed by atoms with Gasteiger partial charge in [0.1, 0.15) is 17.7 Å². The quantitative estimate of drug-likeness (QED) is 0.145. The fraction of sp³-hybridized carbons (Fsp3) is 0.250. The number of rotatable bonds is 7. The summed E-state index contributed by atoms with van der Waals surface area (Å²) in [5, 5.41) is 23.2. The second kappa shape index (κ2) is 12.1. The highest BCUT2D eigenvalue weighted by Crippen LogP contribution is 2.37. The fourth-order valence-corrected chi connectivity index (χ4v) is 6.16. The number of anilines is 3. The predicted octanol–water partition coefficient (Wildman–Crippen LogP) is 7.29. The van der Waals surface area contributed by atoms with Crippen molar-refractivity contribution in [1.29, 1.82) is 5.26 Å². The van der Waals surface area contributed by atoms with Crippen molar-refractivity contribution in [2.75, 3.05) is 17.2 Å². The van der Waals surface area contributed by atoms with Gasteiger partial charge in [0, 0.05) is 40.7 Å². The Bertz CT molecular complexity index is 1790. The van der Waals surface area contributed by atoms with Gasteiger partial charge in [-0.15, -0.1) is 5.53 Å². The number of pyridine rings is 1. The van der Waals surface area contributed by atoms with E-state index in [1.165, 1.54) is 36.5 Å². The molecule has 2 aliphatic rings. The number of nitrogens with one attached hydrogen (secondary N) is 5. The summed E-state index contributed by atoms with van der Waals surface area (Å²) in [7, 11) is 0. The normalized spacial score (nSPS) is 18.3. The summed E-state index contributed by atoms with van der Waals surface area (Å²) >= 11 is 12.8. The van der Waals surface area contributed by atoms with Crippen molar-refractivity contribution < 1.29 is 8.78 Å². The molecule has 1 fully saturated rings. The highest BCUT2D eigenvalue weighted by Gasteiger charge is 2.33. The number of hydrogen-bond donors (Lipinski definition) is 5. The molecule has 0 aliphatic carbocycles. The molecule has 0 radical (unpaired) electrons. The summed E-state index contributed by atoms with van der Waals surface area (Å²) < 4.78 is 27.8. The minimum Gasteiger partial charge on any atom is -0.373 e. The number of halogens is 4. The summed E-state index contributed by atoms with van der Waals surface area (Å²) in [6.07, 6.45) is 5.39. The van der Waals surface area contributed by atoms with Gasteiger partial charge in [0.05, 0.1) is 38.6 Å². The van der Waals surface area contributed by atoms with Gasteiger partial charge in [-0.3, -0.25) is 9.99 Å². The first-order valence-corrected chi connectivity index (χ1v) is 14.9. The lowest BCUT2D eigenvalue weighted by Gasteiger charge is -2.40. The molecular weight excluding hydrogens is 605 g/mol. The molecule has 4 aromatic rings. The summed E-state index contributed by atoms with van der Waals surface area (Å²) in [4.78, 5) is 4.43. The van der Waals surface area contributed by atoms with Crippen LogP contribution in [-0.4, -0.2) is 28.1 Å². The number of benzene rings is 3. The summed E-state index contributed by atoms with van der Waals surface area (Å²) in [6.45, 7) is 5.30. The van der Waals surface area contributed by atoms with Crippen LogP contribution in [0.1, 0.15) is 43.9 Å². The van der Waals surface area contributed by atoms with Crippen LogP contribution in [0.3, 0.4) is 0 Å². The summed E-state index contributed by atoms with van der Waals surface area (Å²) in [5.41, 5.74) is 10.6. The molecule has 0 bridgehead atoms. The second-order valence-corrected chi connectivity index (χ2v) is 12.4. The Morgan fingerprint density at radius 2 is 1.84 bits per heavy atom. The molecule has 0 spiro atoms. The molecule has 6 rings (SSSR count). The molecule has 1 saturated heterocycles. The maximum Gasteiger partial charge on any atom is 0.141 e. The molecule has 8 nitrogen and oxygen atoms in total. The molecule has 12 heteroatoms. The molecule has 226 valence electrons. The van der Waals surface area contributed by atoms with Crippen molar-refractivity contribution >= 4 is 51.2 Å². The first kappa shape index (κ1) is 29.9. The van der Waals surface area contributed by atoms with Crippen LogP contribution < -0.4 is 26.9 Å². The number of piperidine rings is 1. The zero-order chi connectivity index (χ0) is 31.0. The zero-order valence-corrected chi connectivity index (χ0v) is 25.5. The van der Waals surface area contributed by atoms with Gasteiger partial charge < -0.3 is 21.4 Å². The standard InChI is InChI=1S/C32H30Cl2F2N8/c1-32(2)14-23(9-10-39-32)44-17-28(42-43-44)30(18-3-5-20(35)6-4-18)41-22-11-24-29(40-21-7-8-27(36)25(33)12-21)19(15-37)16-38-31(24)26(34)13-22/h3-8,11-13,16-17,23,30,39,41-43H,9-10,14H2,1-2H3,(H,38,40). The van der Waals surface area contributed by atoms with Gasteiger partial charge in [-0.25, -0.2) is 8.78 Å². The van der Waals surface area contributed by atoms with Crippen molar-refractivity contribution in [3.05, 3.63) is 105 Å². The monoisotopic (exact) mass is 634 g/mol. The topological polar surface area (TPSA) is 100 Å². The molecule has 2 unspecified atom stereocenters. The van der Waals surface area contributed by atoms with E-state index in [1.807, 2.05) is 12.3 Å². The number of hydrogen-bond acceptors (Lipinski definition) is 8. The molecule has 44 heavy (non-hydrogen) atoms. The van der Waals surface area contributed by atoms with Crippen LogP contribution in [0.15, 0.2) is 72.7 Å². The van der Waals surface area contributed by atoms with Crippen LogP contribution >= 0.6 is 23.2 Å². The Hall–Kier alpha value is -4.14. The van der Waals surface area contributed by atoms with E-state index in [1.54, 1.807) is 18.2 Å². The lowest BCUT2D eigenvalue weighted by molar-refractivity contribution is 0.120. The van der Waals surface area contributed by atoms with E-state index < -0.39 is 11.9 Å². The Morgan fingerprint density at radius 1 is 1.07 bits per heavy atom. The third kappa shape index (κ3) is 6.23. The molecule has 2 atom stereocenters. The minimum absolute atomic E-state index is 0.0128. The molecule has 2 aliphatic heterocycles. The van der Waals surface area contributed by atoms with E-state index in [-0.39, 0.29) is 28.0 Å². The van der Waals surface area contributed by atoms with Crippen LogP contribution in [0, 0.1) is 23.0 Å². The third-order valence-corrected chi connectivity index (χ3v) is 8.47. The minimum atomic E-state index is -0.551. The van der Waals surface area contributed by atoms with Crippen LogP contribution in [-0.2, 0) is 0 Å². The van der Waals surface area contributed by atoms with E-state index in [9.17, 15) is 14.0 Å². The summed E-state index contributed by atoms with van der Waals surface area (Å²) in [5.74, 6) is -0.886. The van der Waals surface area contributed by atoms with Gasteiger partial charge in [-0.2, -0.15) is 5.26 Å². The Morgan fingerprint density at radius 3 is 2.57 bits per heavy atom. The first-order valence-electron chi connectivity index (χ1n) is 14.1. The van der Waals surface area contributed by atoms with Gasteiger partial charge in [-0.1, -0.05) is 35.3 Å². The van der Waals surface area contributed by atoms with E-state index in [0.717, 1.165) is 30.6 Å². The van der Waals surface area contributed by atoms with Crippen molar-refractivity contribution in [3.63, 3.8) is 0 Å². The van der Waals surface area contributed by atoms with Crippen molar-refractivity contribution in [3.8, 4) is 6.07 Å². The highest BCUT2D eigenvalue weighted by atomic mass is 35.5. The summed E-state index contributed by atoms with van der Waals surface area (Å²) in [6, 6.07) is 16.1. The Balaban J connectivity index is 1.38. The van der Waals surface area contributed by atoms with Crippen molar-refractivity contribution in [2.24, 2.45) is 0 Å². The lowest BCUT2D eigenvalue weighted by Crippen LogP contribution is -2.54. The van der Waals surface area contributed by atoms with Crippen molar-refractivity contribution in [1.82, 2.24) is 26.3 Å². The first-order chi connectivity index (χ1) is 21.1. The van der Waals surface area contributed by atoms with Crippen LogP contribution in [0.4, 0.5) is 25.8 Å². The van der Waals surface area contributed by atoms with Gasteiger partial charge in [0.2, 0.25) is 0 Å². The Labute approximate surface area is 264 Å². The van der Waals surface area contributed by atoms with Gasteiger partial charge in [-0.05, 0) is 81.3 Å². The smallest absolute Gasteiger partial charge is 0.141 e. The number of nitriles is 1. The SMILES string of the molecule is CC1(C)CC(N2C=C(C(Nc3cc(Cl)c4ncc(C#N)c(Nc5ccc(F)c(Cl)c5)c4c3)c3ccc(F)cc3)NN2)CCN1. The number of hydrazine groups is 2. The largest absolute Gasteiger partial charge is 0.373 e. The molecule has 0 amide bonds. The van der Waals surface area contributed by atoms with Crippen LogP contribution in [0.5, 0.6) is 0 Å². The van der Waals surface area contributed by atoms with Gasteiger partial charge >= 0.3 is 0 Å². The maximum absolute atomic E-state index is 13.9. The molecule has 0 saturated carbocycles. The molecule has 5 N–H and O–H groups in total. The average molecular weight is 636 g/mol. The van der Waals surface area contributed by atoms with E-state index in [0.29, 0.717) is 33.0 Å². The molecule has 3 heterocycles. The van der Waals surface area contributed by atoms with Crippen molar-refractivity contribution in [2.45, 2.75) is 44.3 Å².